The quantitative estimate of drug-likeness (QED) is 0.359. The number of esters is 4. The van der Waals surface area contributed by atoms with Gasteiger partial charge in [-0.1, -0.05) is 11.6 Å². The predicted molar refractivity (Wildman–Crippen MR) is 127 cm³/mol. The summed E-state index contributed by atoms with van der Waals surface area (Å²) in [6.45, 7) is 7.61. The number of amides is 1. The zero-order valence-corrected chi connectivity index (χ0v) is 22.0. The van der Waals surface area contributed by atoms with Gasteiger partial charge in [-0.2, -0.15) is 0 Å². The van der Waals surface area contributed by atoms with Gasteiger partial charge in [0.25, 0.3) is 5.91 Å². The first kappa shape index (κ1) is 29.8. The summed E-state index contributed by atoms with van der Waals surface area (Å²) in [5, 5.41) is 2.98. The first-order valence-electron chi connectivity index (χ1n) is 11.4. The summed E-state index contributed by atoms with van der Waals surface area (Å²) in [7, 11) is 0. The summed E-state index contributed by atoms with van der Waals surface area (Å²) in [4.78, 5) is 60.0. The summed E-state index contributed by atoms with van der Waals surface area (Å²) in [5.41, 5.74) is 0.0501. The van der Waals surface area contributed by atoms with Crippen molar-refractivity contribution in [2.45, 2.75) is 78.3 Å². The highest BCUT2D eigenvalue weighted by Gasteiger charge is 2.53. The van der Waals surface area contributed by atoms with Crippen molar-refractivity contribution in [3.05, 3.63) is 28.8 Å². The maximum Gasteiger partial charge on any atom is 0.303 e. The molecule has 0 aromatic heterocycles. The Morgan fingerprint density at radius 3 is 2.00 bits per heavy atom. The van der Waals surface area contributed by atoms with Gasteiger partial charge in [0.2, 0.25) is 12.4 Å². The van der Waals surface area contributed by atoms with Crippen molar-refractivity contribution in [2.24, 2.45) is 0 Å². The molecule has 13 heteroatoms. The second kappa shape index (κ2) is 13.2. The Morgan fingerprint density at radius 2 is 1.46 bits per heavy atom. The average molecular weight is 544 g/mol. The fourth-order valence-electron chi connectivity index (χ4n) is 3.53. The van der Waals surface area contributed by atoms with Crippen LogP contribution in [0.25, 0.3) is 0 Å². The Morgan fingerprint density at radius 1 is 0.892 bits per heavy atom. The lowest BCUT2D eigenvalue weighted by atomic mass is 9.98. The zero-order chi connectivity index (χ0) is 27.9. The minimum absolute atomic E-state index is 0.00319. The SMILES string of the molecule is CC(=O)OCC1OC(Oc2ccc(Cl)cc2C(=O)NC(C)C)C(OC(C)=O)C(OC(C)=O)C1OC(C)=O. The van der Waals surface area contributed by atoms with Crippen LogP contribution in [0.5, 0.6) is 5.75 Å². The third kappa shape index (κ3) is 8.90. The molecule has 5 unspecified atom stereocenters. The first-order chi connectivity index (χ1) is 17.3. The van der Waals surface area contributed by atoms with E-state index in [0.717, 1.165) is 27.7 Å². The Hall–Kier alpha value is -3.38. The molecule has 1 fully saturated rings. The second-order valence-electron chi connectivity index (χ2n) is 8.45. The third-order valence-corrected chi connectivity index (χ3v) is 5.03. The van der Waals surface area contributed by atoms with Gasteiger partial charge >= 0.3 is 23.9 Å². The van der Waals surface area contributed by atoms with Crippen molar-refractivity contribution in [2.75, 3.05) is 6.61 Å². The molecule has 0 saturated carbocycles. The number of carbonyl (C=O) groups excluding carboxylic acids is 5. The van der Waals surface area contributed by atoms with Gasteiger partial charge in [0.1, 0.15) is 18.5 Å². The van der Waals surface area contributed by atoms with Crippen LogP contribution in [-0.4, -0.2) is 73.1 Å². The van der Waals surface area contributed by atoms with Crippen LogP contribution in [0.15, 0.2) is 18.2 Å². The largest absolute Gasteiger partial charge is 0.463 e. The van der Waals surface area contributed by atoms with E-state index < -0.39 is 67.1 Å². The Labute approximate surface area is 218 Å². The summed E-state index contributed by atoms with van der Waals surface area (Å²) >= 11 is 6.09. The molecule has 1 aromatic carbocycles. The van der Waals surface area contributed by atoms with E-state index in [-0.39, 0.29) is 22.4 Å². The Bertz CT molecular complexity index is 1030. The molecular formula is C24H30ClNO11. The highest BCUT2D eigenvalue weighted by atomic mass is 35.5. The molecule has 0 bridgehead atoms. The fraction of sp³-hybridized carbons (Fsp3) is 0.542. The van der Waals surface area contributed by atoms with E-state index >= 15 is 0 Å². The summed E-state index contributed by atoms with van der Waals surface area (Å²) in [5.74, 6) is -3.48. The monoisotopic (exact) mass is 543 g/mol. The molecule has 1 saturated heterocycles. The molecule has 12 nitrogen and oxygen atoms in total. The minimum atomic E-state index is -1.49. The van der Waals surface area contributed by atoms with Crippen molar-refractivity contribution in [3.8, 4) is 5.75 Å². The summed E-state index contributed by atoms with van der Waals surface area (Å²) in [6.07, 6.45) is -6.89. The van der Waals surface area contributed by atoms with E-state index in [2.05, 4.69) is 5.32 Å². The molecule has 0 spiro atoms. The van der Waals surface area contributed by atoms with Gasteiger partial charge in [-0.15, -0.1) is 0 Å². The molecule has 1 aromatic rings. The van der Waals surface area contributed by atoms with Crippen LogP contribution < -0.4 is 10.1 Å². The number of hydrogen-bond acceptors (Lipinski definition) is 11. The van der Waals surface area contributed by atoms with Crippen molar-refractivity contribution in [3.63, 3.8) is 0 Å². The summed E-state index contributed by atoms with van der Waals surface area (Å²) in [6, 6.07) is 4.05. The first-order valence-corrected chi connectivity index (χ1v) is 11.7. The maximum atomic E-state index is 12.8. The van der Waals surface area contributed by atoms with E-state index in [9.17, 15) is 24.0 Å². The summed E-state index contributed by atoms with van der Waals surface area (Å²) < 4.78 is 33.0. The highest BCUT2D eigenvalue weighted by Crippen LogP contribution is 2.32. The molecule has 0 radical (unpaired) electrons. The van der Waals surface area contributed by atoms with E-state index in [4.69, 9.17) is 40.0 Å². The minimum Gasteiger partial charge on any atom is -0.463 e. The van der Waals surface area contributed by atoms with Crippen molar-refractivity contribution in [1.29, 1.82) is 0 Å². The molecule has 1 aliphatic heterocycles. The van der Waals surface area contributed by atoms with Gasteiger partial charge in [-0.3, -0.25) is 24.0 Å². The fourth-order valence-corrected chi connectivity index (χ4v) is 3.70. The van der Waals surface area contributed by atoms with Gasteiger partial charge in [-0.05, 0) is 32.0 Å². The molecule has 1 N–H and O–H groups in total. The molecule has 1 heterocycles. The van der Waals surface area contributed by atoms with Crippen LogP contribution in [0, 0.1) is 0 Å². The molecule has 1 amide bonds. The lowest BCUT2D eigenvalue weighted by molar-refractivity contribution is -0.288. The molecule has 37 heavy (non-hydrogen) atoms. The van der Waals surface area contributed by atoms with E-state index in [1.807, 2.05) is 0 Å². The van der Waals surface area contributed by atoms with Gasteiger partial charge in [0, 0.05) is 38.8 Å². The molecule has 5 atom stereocenters. The number of benzene rings is 1. The van der Waals surface area contributed by atoms with Crippen LogP contribution in [0.4, 0.5) is 0 Å². The highest BCUT2D eigenvalue weighted by molar-refractivity contribution is 6.31. The van der Waals surface area contributed by atoms with Gasteiger partial charge in [-0.25, -0.2) is 0 Å². The number of halogens is 1. The standard InChI is InChI=1S/C24H30ClNO11/c1-11(2)26-23(31)17-9-16(25)7-8-18(17)36-24-22(35-15(6)30)21(34-14(5)29)20(33-13(4)28)19(37-24)10-32-12(3)27/h7-9,11,19-22,24H,10H2,1-6H3,(H,26,31). The lowest BCUT2D eigenvalue weighted by Crippen LogP contribution is -2.63. The molecule has 0 aliphatic carbocycles. The third-order valence-electron chi connectivity index (χ3n) is 4.80. The van der Waals surface area contributed by atoms with Gasteiger partial charge in [0.15, 0.2) is 12.2 Å². The number of nitrogens with one attached hydrogen (secondary N) is 1. The topological polar surface area (TPSA) is 153 Å². The number of hydrogen-bond donors (Lipinski definition) is 1. The van der Waals surface area contributed by atoms with Crippen LogP contribution in [0.2, 0.25) is 5.02 Å². The van der Waals surface area contributed by atoms with E-state index in [1.54, 1.807) is 13.8 Å². The average Bonchev–Trinajstić information content (AvgIpc) is 2.76. The van der Waals surface area contributed by atoms with Crippen LogP contribution in [-0.2, 0) is 42.9 Å². The second-order valence-corrected chi connectivity index (χ2v) is 8.89. The lowest BCUT2D eigenvalue weighted by Gasteiger charge is -2.44. The van der Waals surface area contributed by atoms with Crippen molar-refractivity contribution >= 4 is 41.4 Å². The number of rotatable bonds is 9. The van der Waals surface area contributed by atoms with E-state index in [0.29, 0.717) is 0 Å². The molecular weight excluding hydrogens is 514 g/mol. The van der Waals surface area contributed by atoms with Crippen molar-refractivity contribution < 1.29 is 52.4 Å². The van der Waals surface area contributed by atoms with E-state index in [1.165, 1.54) is 18.2 Å². The van der Waals surface area contributed by atoms with Crippen LogP contribution in [0.3, 0.4) is 0 Å². The molecule has 204 valence electrons. The van der Waals surface area contributed by atoms with Gasteiger partial charge < -0.3 is 33.7 Å². The van der Waals surface area contributed by atoms with Crippen molar-refractivity contribution in [1.82, 2.24) is 5.32 Å². The van der Waals surface area contributed by atoms with Gasteiger partial charge in [0.05, 0.1) is 5.56 Å². The molecule has 2 rings (SSSR count). The Kier molecular flexibility index (Phi) is 10.7. The number of ether oxygens (including phenoxy) is 6. The smallest absolute Gasteiger partial charge is 0.303 e. The Balaban J connectivity index is 2.55. The van der Waals surface area contributed by atoms with Crippen LogP contribution in [0.1, 0.15) is 51.9 Å². The number of carbonyl (C=O) groups is 5. The maximum absolute atomic E-state index is 12.8. The van der Waals surface area contributed by atoms with Crippen LogP contribution >= 0.6 is 11.6 Å². The molecule has 1 aliphatic rings. The normalized spacial score (nSPS) is 23.0. The zero-order valence-electron chi connectivity index (χ0n) is 21.3. The predicted octanol–water partition coefficient (Wildman–Crippen LogP) is 1.94.